The number of rotatable bonds is 5. The van der Waals surface area contributed by atoms with Crippen LogP contribution in [0.15, 0.2) is 36.5 Å². The van der Waals surface area contributed by atoms with Gasteiger partial charge in [0.05, 0.1) is 11.4 Å². The van der Waals surface area contributed by atoms with E-state index in [1.807, 2.05) is 37.9 Å². The van der Waals surface area contributed by atoms with Gasteiger partial charge < -0.3 is 34.6 Å². The summed E-state index contributed by atoms with van der Waals surface area (Å²) in [5.41, 5.74) is 2.43. The summed E-state index contributed by atoms with van der Waals surface area (Å²) in [4.78, 5) is 34.6. The molecule has 2 fully saturated rings. The fourth-order valence-corrected chi connectivity index (χ4v) is 5.40. The van der Waals surface area contributed by atoms with Crippen LogP contribution in [0, 0.1) is 5.92 Å². The highest BCUT2D eigenvalue weighted by atomic mass is 16.6. The molecule has 0 bridgehead atoms. The van der Waals surface area contributed by atoms with Crippen LogP contribution in [0.3, 0.4) is 0 Å². The number of nitrogens with zero attached hydrogens (tertiary/aromatic N) is 6. The van der Waals surface area contributed by atoms with E-state index in [0.717, 1.165) is 55.1 Å². The Labute approximate surface area is 231 Å². The molecule has 10 heteroatoms. The molecule has 1 amide bonds. The third kappa shape index (κ3) is 6.21. The van der Waals surface area contributed by atoms with Gasteiger partial charge in [0.25, 0.3) is 0 Å². The molecule has 10 nitrogen and oxygen atoms in total. The van der Waals surface area contributed by atoms with Gasteiger partial charge in [-0.3, -0.25) is 0 Å². The maximum atomic E-state index is 12.8. The first kappa shape index (κ1) is 27.1. The Morgan fingerprint density at radius 2 is 1.79 bits per heavy atom. The smallest absolute Gasteiger partial charge is 0.410 e. The Hall–Kier alpha value is -3.53. The minimum Gasteiger partial charge on any atom is -0.444 e. The highest BCUT2D eigenvalue weighted by Gasteiger charge is 2.34. The molecule has 0 saturated carbocycles. The Balaban J connectivity index is 1.34. The number of aromatic amines is 1. The van der Waals surface area contributed by atoms with E-state index in [9.17, 15) is 4.79 Å². The lowest BCUT2D eigenvalue weighted by molar-refractivity contribution is 0.0165. The maximum absolute atomic E-state index is 12.8. The highest BCUT2D eigenvalue weighted by molar-refractivity contribution is 5.89. The molecule has 2 aliphatic rings. The monoisotopic (exact) mass is 534 g/mol. The molecule has 39 heavy (non-hydrogen) atoms. The quantitative estimate of drug-likeness (QED) is 0.493. The van der Waals surface area contributed by atoms with E-state index in [0.29, 0.717) is 25.0 Å². The number of carbonyl (C=O) groups is 1. The third-order valence-corrected chi connectivity index (χ3v) is 7.79. The summed E-state index contributed by atoms with van der Waals surface area (Å²) < 4.78 is 5.66. The molecule has 2 saturated heterocycles. The molecule has 2 atom stereocenters. The van der Waals surface area contributed by atoms with Gasteiger partial charge in [-0.15, -0.1) is 0 Å². The normalized spacial score (nSPS) is 20.8. The second kappa shape index (κ2) is 10.9. The standard InChI is InChI=1S/C29H42N8O2/c1-20-12-14-37(28(38)39-29(2,3)4)19-24(20)35(6)26-23-11-13-30-25(23)32-27(33-26)31-21-7-9-22(10-8-21)36-17-15-34(5)16-18-36/h7-11,13,20,24H,12,14-19H2,1-6H3,(H2,30,31,32,33)/t20-,24+/m1/s1. The van der Waals surface area contributed by atoms with Crippen molar-refractivity contribution in [1.29, 1.82) is 0 Å². The zero-order chi connectivity index (χ0) is 27.7. The van der Waals surface area contributed by atoms with Gasteiger partial charge >= 0.3 is 6.09 Å². The van der Waals surface area contributed by atoms with E-state index in [2.05, 4.69) is 70.3 Å². The van der Waals surface area contributed by atoms with Gasteiger partial charge in [0, 0.05) is 63.9 Å². The molecule has 0 radical (unpaired) electrons. The molecule has 210 valence electrons. The Morgan fingerprint density at radius 3 is 2.49 bits per heavy atom. The molecular formula is C29H42N8O2. The first-order chi connectivity index (χ1) is 18.6. The number of piperidine rings is 1. The van der Waals surface area contributed by atoms with Crippen LogP contribution < -0.4 is 15.1 Å². The number of likely N-dealkylation sites (N-methyl/N-ethyl adjacent to an activating group) is 2. The number of amides is 1. The van der Waals surface area contributed by atoms with Crippen LogP contribution >= 0.6 is 0 Å². The van der Waals surface area contributed by atoms with E-state index in [1.54, 1.807) is 0 Å². The molecule has 2 N–H and O–H groups in total. The lowest BCUT2D eigenvalue weighted by atomic mass is 9.92. The van der Waals surface area contributed by atoms with Crippen LogP contribution in [-0.4, -0.2) is 95.9 Å². The van der Waals surface area contributed by atoms with E-state index >= 15 is 0 Å². The predicted molar refractivity (Wildman–Crippen MR) is 157 cm³/mol. The minimum atomic E-state index is -0.519. The second-order valence-corrected chi connectivity index (χ2v) is 11.9. The van der Waals surface area contributed by atoms with Gasteiger partial charge in [0.2, 0.25) is 5.95 Å². The zero-order valence-corrected chi connectivity index (χ0v) is 24.1. The number of hydrogen-bond acceptors (Lipinski definition) is 8. The van der Waals surface area contributed by atoms with Crippen LogP contribution in [0.2, 0.25) is 0 Å². The topological polar surface area (TPSA) is 92.9 Å². The van der Waals surface area contributed by atoms with E-state index in [1.165, 1.54) is 5.69 Å². The zero-order valence-electron chi connectivity index (χ0n) is 24.1. The molecule has 5 rings (SSSR count). The summed E-state index contributed by atoms with van der Waals surface area (Å²) in [5, 5.41) is 4.36. The summed E-state index contributed by atoms with van der Waals surface area (Å²) in [6.07, 6.45) is 2.54. The van der Waals surface area contributed by atoms with Gasteiger partial charge in [0.1, 0.15) is 17.1 Å². The lowest BCUT2D eigenvalue weighted by Gasteiger charge is -2.42. The average Bonchev–Trinajstić information content (AvgIpc) is 3.37. The van der Waals surface area contributed by atoms with Crippen LogP contribution in [0.1, 0.15) is 34.1 Å². The van der Waals surface area contributed by atoms with Crippen molar-refractivity contribution in [3.8, 4) is 0 Å². The van der Waals surface area contributed by atoms with E-state index in [4.69, 9.17) is 14.7 Å². The summed E-state index contributed by atoms with van der Waals surface area (Å²) in [5.74, 6) is 1.75. The number of anilines is 4. The fourth-order valence-electron chi connectivity index (χ4n) is 5.40. The Morgan fingerprint density at radius 1 is 1.08 bits per heavy atom. The molecule has 3 aromatic rings. The van der Waals surface area contributed by atoms with Crippen molar-refractivity contribution in [2.45, 2.75) is 45.8 Å². The Kier molecular flexibility index (Phi) is 7.57. The Bertz CT molecular complexity index is 1280. The number of aromatic nitrogens is 3. The van der Waals surface area contributed by atoms with Crippen LogP contribution in [0.25, 0.3) is 11.0 Å². The summed E-state index contributed by atoms with van der Waals surface area (Å²) in [7, 11) is 4.23. The number of ether oxygens (including phenoxy) is 1. The average molecular weight is 535 g/mol. The van der Waals surface area contributed by atoms with Gasteiger partial charge in [-0.25, -0.2) is 4.79 Å². The van der Waals surface area contributed by atoms with Gasteiger partial charge in [-0.1, -0.05) is 6.92 Å². The van der Waals surface area contributed by atoms with Crippen molar-refractivity contribution < 1.29 is 9.53 Å². The fraction of sp³-hybridized carbons (Fsp3) is 0.552. The molecule has 4 heterocycles. The van der Waals surface area contributed by atoms with E-state index in [-0.39, 0.29) is 12.1 Å². The van der Waals surface area contributed by atoms with Gasteiger partial charge in [0.15, 0.2) is 0 Å². The van der Waals surface area contributed by atoms with Crippen LogP contribution in [0.5, 0.6) is 0 Å². The minimum absolute atomic E-state index is 0.0926. The largest absolute Gasteiger partial charge is 0.444 e. The third-order valence-electron chi connectivity index (χ3n) is 7.79. The second-order valence-electron chi connectivity index (χ2n) is 11.9. The summed E-state index contributed by atoms with van der Waals surface area (Å²) in [6.45, 7) is 13.5. The molecule has 1 aromatic carbocycles. The number of fused-ring (bicyclic) bond motifs is 1. The van der Waals surface area contributed by atoms with Crippen LogP contribution in [0.4, 0.5) is 27.9 Å². The molecule has 0 unspecified atom stereocenters. The summed E-state index contributed by atoms with van der Waals surface area (Å²) >= 11 is 0. The SMILES string of the molecule is C[C@@H]1CCN(C(=O)OC(C)(C)C)C[C@@H]1N(C)c1nc(Nc2ccc(N3CCN(C)CC3)cc2)nc2[nH]ccc12. The van der Waals surface area contributed by atoms with Crippen molar-refractivity contribution in [3.63, 3.8) is 0 Å². The molecule has 2 aromatic heterocycles. The number of H-pyrrole nitrogens is 1. The summed E-state index contributed by atoms with van der Waals surface area (Å²) in [6, 6.07) is 10.6. The van der Waals surface area contributed by atoms with Gasteiger partial charge in [-0.05, 0) is 70.5 Å². The maximum Gasteiger partial charge on any atom is 0.410 e. The number of benzene rings is 1. The molecular weight excluding hydrogens is 492 g/mol. The molecule has 0 aliphatic carbocycles. The van der Waals surface area contributed by atoms with Crippen molar-refractivity contribution in [1.82, 2.24) is 24.8 Å². The predicted octanol–water partition coefficient (Wildman–Crippen LogP) is 4.54. The highest BCUT2D eigenvalue weighted by Crippen LogP contribution is 2.31. The van der Waals surface area contributed by atoms with E-state index < -0.39 is 5.60 Å². The molecule has 0 spiro atoms. The van der Waals surface area contributed by atoms with Gasteiger partial charge in [-0.2, -0.15) is 9.97 Å². The molecule has 2 aliphatic heterocycles. The lowest BCUT2D eigenvalue weighted by Crippen LogP contribution is -2.53. The van der Waals surface area contributed by atoms with Crippen LogP contribution in [-0.2, 0) is 4.74 Å². The first-order valence-corrected chi connectivity index (χ1v) is 13.9. The van der Waals surface area contributed by atoms with Crippen molar-refractivity contribution in [2.75, 3.05) is 68.5 Å². The number of likely N-dealkylation sites (tertiary alicyclic amines) is 1. The number of nitrogens with one attached hydrogen (secondary N) is 2. The van der Waals surface area contributed by atoms with Crippen molar-refractivity contribution in [3.05, 3.63) is 36.5 Å². The number of carbonyl (C=O) groups excluding carboxylic acids is 1. The first-order valence-electron chi connectivity index (χ1n) is 13.9. The number of hydrogen-bond donors (Lipinski definition) is 2. The van der Waals surface area contributed by atoms with Crippen molar-refractivity contribution >= 4 is 40.3 Å². The number of piperazine rings is 1. The van der Waals surface area contributed by atoms with Crippen molar-refractivity contribution in [2.24, 2.45) is 5.92 Å².